The number of fused-ring (bicyclic) bond motifs is 13. The molecule has 0 N–H and O–H groups in total. The predicted octanol–water partition coefficient (Wildman–Crippen LogP) is 22.8. The molecule has 2 heteroatoms. The fourth-order valence-corrected chi connectivity index (χ4v) is 15.6. The summed E-state index contributed by atoms with van der Waals surface area (Å²) >= 11 is 3.80. The maximum absolute atomic E-state index is 2.44. The van der Waals surface area contributed by atoms with Crippen molar-refractivity contribution in [1.82, 2.24) is 0 Å². The minimum atomic E-state index is 1.21. The minimum Gasteiger partial charge on any atom is -0.135 e. The number of hydrogen-bond acceptors (Lipinski definition) is 2. The summed E-state index contributed by atoms with van der Waals surface area (Å²) in [6, 6.07) is 100. The van der Waals surface area contributed by atoms with E-state index < -0.39 is 0 Å². The van der Waals surface area contributed by atoms with Crippen LogP contribution in [0.5, 0.6) is 0 Å². The van der Waals surface area contributed by atoms with Gasteiger partial charge in [0.05, 0.1) is 0 Å². The van der Waals surface area contributed by atoms with E-state index in [-0.39, 0.29) is 0 Å². The van der Waals surface area contributed by atoms with Gasteiger partial charge >= 0.3 is 0 Å². The first-order chi connectivity index (χ1) is 38.6. The van der Waals surface area contributed by atoms with E-state index in [0.717, 1.165) is 0 Å². The van der Waals surface area contributed by atoms with Crippen molar-refractivity contribution in [2.24, 2.45) is 0 Å². The lowest BCUT2D eigenvalue weighted by atomic mass is 9.84. The van der Waals surface area contributed by atoms with Crippen LogP contribution in [0.15, 0.2) is 267 Å². The molecule has 0 radical (unpaired) electrons. The standard InChI is InChI=1S/C76H44S2/c1-2-16-49-41-71-67(39-48(49)15-1)56-36-34-52(43-69(56)77-71)74-61-21-7-5-19-59(61)73(60-20-6-8-22-62(60)74)47-30-28-45(29-31-47)50-32-33-51-42-72-68(40-54(51)38-50)57-37-35-53(44-70(57)78-72)75-63-23-9-11-25-65(63)76(66-26-12-10-24-64(66)75)58-27-13-17-46-14-3-4-18-55(46)58/h1-44H. The molecule has 2 heterocycles. The number of thiophene rings is 2. The van der Waals surface area contributed by atoms with E-state index in [0.29, 0.717) is 0 Å². The second kappa shape index (κ2) is 17.0. The van der Waals surface area contributed by atoms with Crippen molar-refractivity contribution in [2.75, 3.05) is 0 Å². The number of rotatable bonds is 5. The van der Waals surface area contributed by atoms with Crippen LogP contribution < -0.4 is 0 Å². The van der Waals surface area contributed by atoms with Gasteiger partial charge < -0.3 is 0 Å². The van der Waals surface area contributed by atoms with Gasteiger partial charge in [-0.25, -0.2) is 0 Å². The molecule has 0 saturated carbocycles. The summed E-state index contributed by atoms with van der Waals surface area (Å²) in [5.41, 5.74) is 12.6. The molecule has 0 saturated heterocycles. The summed E-state index contributed by atoms with van der Waals surface area (Å²) in [7, 11) is 0. The first-order valence-corrected chi connectivity index (χ1v) is 28.5. The average molecular weight is 1020 g/mol. The lowest BCUT2D eigenvalue weighted by Crippen LogP contribution is -1.91. The summed E-state index contributed by atoms with van der Waals surface area (Å²) in [6.07, 6.45) is 0. The SMILES string of the molecule is c1ccc2cc3c(cc2c1)sc1cc(-c2c4ccccc4c(-c4ccc(-c5ccc6cc7sc8cc(-c9c%10ccccc%10c(-c%10cccc%11ccccc%10%11)c%10ccccc9%10)ccc8c7cc6c5)cc4)c4ccccc24)ccc13. The van der Waals surface area contributed by atoms with E-state index in [4.69, 9.17) is 0 Å². The molecule has 17 rings (SSSR count). The van der Waals surface area contributed by atoms with E-state index in [1.165, 1.54) is 171 Å². The Morgan fingerprint density at radius 2 is 0.526 bits per heavy atom. The smallest absolute Gasteiger partial charge is 0.0361 e. The molecule has 0 spiro atoms. The molecule has 17 aromatic rings. The molecule has 0 aliphatic carbocycles. The summed E-state index contributed by atoms with van der Waals surface area (Å²) in [5.74, 6) is 0. The van der Waals surface area contributed by atoms with Gasteiger partial charge in [-0.3, -0.25) is 0 Å². The van der Waals surface area contributed by atoms with Crippen molar-refractivity contribution in [3.8, 4) is 55.6 Å². The van der Waals surface area contributed by atoms with Gasteiger partial charge in [-0.2, -0.15) is 0 Å². The maximum Gasteiger partial charge on any atom is 0.0361 e. The third kappa shape index (κ3) is 6.64. The highest BCUT2D eigenvalue weighted by molar-refractivity contribution is 7.26. The third-order valence-corrected chi connectivity index (χ3v) is 19.0. The molecule has 0 bridgehead atoms. The molecule has 0 unspecified atom stereocenters. The molecule has 0 aliphatic rings. The molecule has 78 heavy (non-hydrogen) atoms. The van der Waals surface area contributed by atoms with Crippen LogP contribution in [0.4, 0.5) is 0 Å². The lowest BCUT2D eigenvalue weighted by molar-refractivity contribution is 1.63. The minimum absolute atomic E-state index is 1.21. The monoisotopic (exact) mass is 1020 g/mol. The molecule has 2 aromatic heterocycles. The largest absolute Gasteiger partial charge is 0.135 e. The first-order valence-electron chi connectivity index (χ1n) is 26.9. The van der Waals surface area contributed by atoms with Gasteiger partial charge in [0, 0.05) is 40.3 Å². The second-order valence-corrected chi connectivity index (χ2v) is 23.2. The van der Waals surface area contributed by atoms with E-state index in [1.807, 2.05) is 22.7 Å². The van der Waals surface area contributed by atoms with Crippen molar-refractivity contribution < 1.29 is 0 Å². The van der Waals surface area contributed by atoms with E-state index in [1.54, 1.807) is 0 Å². The van der Waals surface area contributed by atoms with E-state index in [2.05, 4.69) is 267 Å². The van der Waals surface area contributed by atoms with Crippen LogP contribution in [0.1, 0.15) is 0 Å². The van der Waals surface area contributed by atoms with Crippen LogP contribution >= 0.6 is 22.7 Å². The van der Waals surface area contributed by atoms with Gasteiger partial charge in [-0.1, -0.05) is 224 Å². The van der Waals surface area contributed by atoms with Gasteiger partial charge in [0.1, 0.15) is 0 Å². The molecular formula is C76H44S2. The molecule has 0 nitrogen and oxygen atoms in total. The summed E-state index contributed by atoms with van der Waals surface area (Å²) in [5, 5.41) is 23.1. The molecule has 0 amide bonds. The molecule has 15 aromatic carbocycles. The fourth-order valence-electron chi connectivity index (χ4n) is 13.2. The van der Waals surface area contributed by atoms with Crippen LogP contribution in [0.2, 0.25) is 0 Å². The van der Waals surface area contributed by atoms with Crippen molar-refractivity contribution in [3.05, 3.63) is 267 Å². The predicted molar refractivity (Wildman–Crippen MR) is 342 cm³/mol. The normalized spacial score (nSPS) is 12.1. The van der Waals surface area contributed by atoms with Gasteiger partial charge in [-0.05, 0) is 174 Å². The zero-order chi connectivity index (χ0) is 51.0. The number of hydrogen-bond donors (Lipinski definition) is 0. The van der Waals surface area contributed by atoms with Crippen LogP contribution in [0.25, 0.3) is 171 Å². The van der Waals surface area contributed by atoms with Gasteiger partial charge in [0.15, 0.2) is 0 Å². The third-order valence-electron chi connectivity index (χ3n) is 16.8. The molecule has 0 aliphatic heterocycles. The van der Waals surface area contributed by atoms with Crippen molar-refractivity contribution in [2.45, 2.75) is 0 Å². The molecule has 360 valence electrons. The Labute approximate surface area is 457 Å². The van der Waals surface area contributed by atoms with E-state index >= 15 is 0 Å². The quantitative estimate of drug-likeness (QED) is 0.151. The Hall–Kier alpha value is -9.44. The van der Waals surface area contributed by atoms with Crippen molar-refractivity contribution in [1.29, 1.82) is 0 Å². The average Bonchev–Trinajstić information content (AvgIpc) is 4.18. The highest BCUT2D eigenvalue weighted by atomic mass is 32.1. The summed E-state index contributed by atoms with van der Waals surface area (Å²) in [6.45, 7) is 0. The zero-order valence-electron chi connectivity index (χ0n) is 42.2. The van der Waals surface area contributed by atoms with Crippen molar-refractivity contribution >= 4 is 138 Å². The lowest BCUT2D eigenvalue weighted by Gasteiger charge is -2.18. The van der Waals surface area contributed by atoms with Gasteiger partial charge in [0.25, 0.3) is 0 Å². The van der Waals surface area contributed by atoms with Crippen LogP contribution in [0, 0.1) is 0 Å². The van der Waals surface area contributed by atoms with Gasteiger partial charge in [-0.15, -0.1) is 22.7 Å². The number of benzene rings is 15. The zero-order valence-corrected chi connectivity index (χ0v) is 43.9. The molecular weight excluding hydrogens is 977 g/mol. The second-order valence-electron chi connectivity index (χ2n) is 21.0. The van der Waals surface area contributed by atoms with Crippen LogP contribution in [0.3, 0.4) is 0 Å². The van der Waals surface area contributed by atoms with Crippen molar-refractivity contribution in [3.63, 3.8) is 0 Å². The van der Waals surface area contributed by atoms with Crippen LogP contribution in [-0.2, 0) is 0 Å². The Morgan fingerprint density at radius 1 is 0.167 bits per heavy atom. The first kappa shape index (κ1) is 43.8. The Balaban J connectivity index is 0.739. The van der Waals surface area contributed by atoms with E-state index in [9.17, 15) is 0 Å². The highest BCUT2D eigenvalue weighted by Gasteiger charge is 2.21. The Morgan fingerprint density at radius 3 is 1.05 bits per heavy atom. The Kier molecular flexibility index (Phi) is 9.56. The molecule has 0 atom stereocenters. The fraction of sp³-hybridized carbons (Fsp3) is 0. The molecule has 0 fully saturated rings. The summed E-state index contributed by atoms with van der Waals surface area (Å²) in [4.78, 5) is 0. The Bertz CT molecular complexity index is 5260. The highest BCUT2D eigenvalue weighted by Crippen LogP contribution is 2.49. The summed E-state index contributed by atoms with van der Waals surface area (Å²) < 4.78 is 5.27. The topological polar surface area (TPSA) is 0 Å². The maximum atomic E-state index is 2.44. The van der Waals surface area contributed by atoms with Gasteiger partial charge in [0.2, 0.25) is 0 Å². The van der Waals surface area contributed by atoms with Crippen LogP contribution in [-0.4, -0.2) is 0 Å².